The molecule has 0 fully saturated rings. The molecule has 0 saturated heterocycles. The van der Waals surface area contributed by atoms with Crippen molar-refractivity contribution in [1.82, 2.24) is 5.32 Å². The van der Waals surface area contributed by atoms with Gasteiger partial charge in [0.1, 0.15) is 0 Å². The van der Waals surface area contributed by atoms with E-state index in [4.69, 9.17) is 0 Å². The van der Waals surface area contributed by atoms with Gasteiger partial charge >= 0.3 is 0 Å². The summed E-state index contributed by atoms with van der Waals surface area (Å²) >= 11 is 0. The van der Waals surface area contributed by atoms with Crippen molar-refractivity contribution < 1.29 is 0 Å². The van der Waals surface area contributed by atoms with Gasteiger partial charge in [-0.15, -0.1) is 0 Å². The van der Waals surface area contributed by atoms with Gasteiger partial charge in [-0.1, -0.05) is 81.7 Å². The Labute approximate surface area is 150 Å². The van der Waals surface area contributed by atoms with Crippen LogP contribution in [0.2, 0.25) is 0 Å². The maximum atomic E-state index is 3.84. The molecular weight excluding hydrogens is 290 g/mol. The van der Waals surface area contributed by atoms with E-state index in [9.17, 15) is 0 Å². The Morgan fingerprint density at radius 3 is 2.50 bits per heavy atom. The fourth-order valence-corrected chi connectivity index (χ4v) is 2.35. The summed E-state index contributed by atoms with van der Waals surface area (Å²) in [5.74, 6) is 0.716. The van der Waals surface area contributed by atoms with Crippen LogP contribution in [0.25, 0.3) is 0 Å². The Bertz CT molecular complexity index is 486. The minimum atomic E-state index is 0.716. The first-order chi connectivity index (χ1) is 11.6. The molecule has 24 heavy (non-hydrogen) atoms. The van der Waals surface area contributed by atoms with Crippen molar-refractivity contribution in [2.45, 2.75) is 60.3 Å². The van der Waals surface area contributed by atoms with Gasteiger partial charge in [0.2, 0.25) is 0 Å². The van der Waals surface area contributed by atoms with Crippen molar-refractivity contribution in [3.8, 4) is 0 Å². The molecule has 134 valence electrons. The molecule has 0 amide bonds. The molecule has 0 bridgehead atoms. The smallest absolute Gasteiger partial charge is 0.0167 e. The molecule has 1 unspecified atom stereocenters. The first-order valence-electron chi connectivity index (χ1n) is 9.29. The summed E-state index contributed by atoms with van der Waals surface area (Å²) in [5, 5.41) is 3.45. The van der Waals surface area contributed by atoms with Gasteiger partial charge in [0.05, 0.1) is 0 Å². The second-order valence-electron chi connectivity index (χ2n) is 6.33. The summed E-state index contributed by atoms with van der Waals surface area (Å²) < 4.78 is 0. The first-order valence-corrected chi connectivity index (χ1v) is 9.29. The van der Waals surface area contributed by atoms with Crippen LogP contribution in [0.15, 0.2) is 72.0 Å². The highest BCUT2D eigenvalue weighted by Gasteiger charge is 2.00. The largest absolute Gasteiger partial charge is 0.391 e. The van der Waals surface area contributed by atoms with E-state index in [0.29, 0.717) is 5.92 Å². The zero-order valence-corrected chi connectivity index (χ0v) is 16.4. The predicted octanol–water partition coefficient (Wildman–Crippen LogP) is 6.89. The summed E-state index contributed by atoms with van der Waals surface area (Å²) in [6, 6.07) is 0. The van der Waals surface area contributed by atoms with Crippen LogP contribution in [0, 0.1) is 5.92 Å². The third-order valence-electron chi connectivity index (χ3n) is 3.97. The summed E-state index contributed by atoms with van der Waals surface area (Å²) in [7, 11) is 0. The van der Waals surface area contributed by atoms with Gasteiger partial charge in [0, 0.05) is 6.54 Å². The van der Waals surface area contributed by atoms with Crippen molar-refractivity contribution in [2.75, 3.05) is 6.54 Å². The van der Waals surface area contributed by atoms with Crippen molar-refractivity contribution >= 4 is 0 Å². The van der Waals surface area contributed by atoms with Gasteiger partial charge in [-0.2, -0.15) is 0 Å². The minimum absolute atomic E-state index is 0.716. The van der Waals surface area contributed by atoms with Gasteiger partial charge in [-0.05, 0) is 56.5 Å². The Hall–Kier alpha value is -1.76. The van der Waals surface area contributed by atoms with Gasteiger partial charge in [-0.25, -0.2) is 0 Å². The molecule has 0 aliphatic carbocycles. The fourth-order valence-electron chi connectivity index (χ4n) is 2.35. The molecule has 0 saturated carbocycles. The van der Waals surface area contributed by atoms with Crippen LogP contribution in [-0.2, 0) is 0 Å². The van der Waals surface area contributed by atoms with E-state index < -0.39 is 0 Å². The number of unbranched alkanes of at least 4 members (excludes halogenated alkanes) is 2. The van der Waals surface area contributed by atoms with Crippen molar-refractivity contribution in [3.05, 3.63) is 72.0 Å². The van der Waals surface area contributed by atoms with Crippen LogP contribution in [0.5, 0.6) is 0 Å². The SMILES string of the molecule is C=C\C(C)=C/C(=C\C)C(/C=C\NCC(C)CCCCC)=C/C=C\C. The van der Waals surface area contributed by atoms with E-state index in [1.807, 2.05) is 13.0 Å². The van der Waals surface area contributed by atoms with E-state index >= 15 is 0 Å². The second-order valence-corrected chi connectivity index (χ2v) is 6.33. The maximum absolute atomic E-state index is 3.84. The number of allylic oxidation sites excluding steroid dienone is 10. The number of rotatable bonds is 12. The highest BCUT2D eigenvalue weighted by Crippen LogP contribution is 2.16. The van der Waals surface area contributed by atoms with Crippen LogP contribution in [0.1, 0.15) is 60.3 Å². The Kier molecular flexibility index (Phi) is 13.7. The molecule has 1 N–H and O–H groups in total. The zero-order valence-electron chi connectivity index (χ0n) is 16.4. The summed E-state index contributed by atoms with van der Waals surface area (Å²) in [6.07, 6.45) is 22.0. The van der Waals surface area contributed by atoms with E-state index in [0.717, 1.165) is 6.54 Å². The van der Waals surface area contributed by atoms with Gasteiger partial charge < -0.3 is 5.32 Å². The number of nitrogens with one attached hydrogen (secondary N) is 1. The van der Waals surface area contributed by atoms with E-state index in [1.54, 1.807) is 0 Å². The average molecular weight is 328 g/mol. The number of hydrogen-bond donors (Lipinski definition) is 1. The van der Waals surface area contributed by atoms with Crippen LogP contribution in [0.4, 0.5) is 0 Å². The predicted molar refractivity (Wildman–Crippen MR) is 111 cm³/mol. The van der Waals surface area contributed by atoms with Crippen molar-refractivity contribution in [1.29, 1.82) is 0 Å². The normalized spacial score (nSPS) is 15.3. The summed E-state index contributed by atoms with van der Waals surface area (Å²) in [4.78, 5) is 0. The van der Waals surface area contributed by atoms with Gasteiger partial charge in [0.25, 0.3) is 0 Å². The van der Waals surface area contributed by atoms with E-state index in [1.165, 1.54) is 42.4 Å². The van der Waals surface area contributed by atoms with Crippen molar-refractivity contribution in [2.24, 2.45) is 5.92 Å². The Morgan fingerprint density at radius 1 is 1.17 bits per heavy atom. The zero-order chi connectivity index (χ0) is 18.2. The van der Waals surface area contributed by atoms with Gasteiger partial charge in [-0.3, -0.25) is 0 Å². The standard InChI is InChI=1S/C23H37N/c1-7-11-13-14-21(6)19-24-17-16-23(15-12-8-2)22(10-4)18-20(5)9-3/h8-10,12,15-18,21,24H,3,7,11,13-14,19H2,1-2,4-6H3/b12-8-,17-16-,20-18-,22-10+,23-15+. The van der Waals surface area contributed by atoms with E-state index in [-0.39, 0.29) is 0 Å². The van der Waals surface area contributed by atoms with Crippen LogP contribution >= 0.6 is 0 Å². The molecule has 0 heterocycles. The van der Waals surface area contributed by atoms with Crippen LogP contribution in [0.3, 0.4) is 0 Å². The molecule has 0 aliphatic rings. The quantitative estimate of drug-likeness (QED) is 0.304. The highest BCUT2D eigenvalue weighted by atomic mass is 14.8. The maximum Gasteiger partial charge on any atom is 0.0167 e. The third-order valence-corrected chi connectivity index (χ3v) is 3.97. The van der Waals surface area contributed by atoms with Crippen LogP contribution < -0.4 is 5.32 Å². The first kappa shape index (κ1) is 22.2. The number of hydrogen-bond acceptors (Lipinski definition) is 1. The Balaban J connectivity index is 4.77. The average Bonchev–Trinajstić information content (AvgIpc) is 2.59. The fraction of sp³-hybridized carbons (Fsp3) is 0.478. The van der Waals surface area contributed by atoms with Crippen LogP contribution in [-0.4, -0.2) is 6.54 Å². The third kappa shape index (κ3) is 10.9. The lowest BCUT2D eigenvalue weighted by molar-refractivity contribution is 0.482. The molecule has 0 aliphatic heterocycles. The lowest BCUT2D eigenvalue weighted by atomic mass is 10.0. The Morgan fingerprint density at radius 2 is 1.92 bits per heavy atom. The molecule has 0 aromatic carbocycles. The van der Waals surface area contributed by atoms with Gasteiger partial charge in [0.15, 0.2) is 0 Å². The molecule has 0 aromatic heterocycles. The lowest BCUT2D eigenvalue weighted by Gasteiger charge is -2.11. The molecule has 1 atom stereocenters. The highest BCUT2D eigenvalue weighted by molar-refractivity contribution is 5.49. The molecular formula is C23H37N. The molecule has 1 nitrogen and oxygen atoms in total. The lowest BCUT2D eigenvalue weighted by Crippen LogP contribution is -2.15. The topological polar surface area (TPSA) is 12.0 Å². The van der Waals surface area contributed by atoms with Crippen molar-refractivity contribution in [3.63, 3.8) is 0 Å². The summed E-state index contributed by atoms with van der Waals surface area (Å²) in [6.45, 7) is 15.6. The monoisotopic (exact) mass is 327 g/mol. The molecule has 0 radical (unpaired) electrons. The molecule has 0 rings (SSSR count). The minimum Gasteiger partial charge on any atom is -0.391 e. The van der Waals surface area contributed by atoms with E-state index in [2.05, 4.69) is 82.2 Å². The molecule has 1 heteroatoms. The molecule has 0 aromatic rings. The molecule has 0 spiro atoms. The summed E-state index contributed by atoms with van der Waals surface area (Å²) in [5.41, 5.74) is 3.57. The second kappa shape index (κ2) is 14.8.